The van der Waals surface area contributed by atoms with Gasteiger partial charge in [0.25, 0.3) is 0 Å². The predicted octanol–water partition coefficient (Wildman–Crippen LogP) is 1.15. The highest BCUT2D eigenvalue weighted by atomic mass is 35.5. The van der Waals surface area contributed by atoms with Gasteiger partial charge in [0.1, 0.15) is 5.82 Å². The molecule has 18 heavy (non-hydrogen) atoms. The summed E-state index contributed by atoms with van der Waals surface area (Å²) in [6.07, 6.45) is 0. The van der Waals surface area contributed by atoms with Gasteiger partial charge in [-0.2, -0.15) is 0 Å². The fourth-order valence-electron chi connectivity index (χ4n) is 1.24. The van der Waals surface area contributed by atoms with Crippen molar-refractivity contribution in [1.82, 2.24) is 10.6 Å². The highest BCUT2D eigenvalue weighted by Crippen LogP contribution is 2.15. The van der Waals surface area contributed by atoms with Crippen molar-refractivity contribution in [3.8, 4) is 0 Å². The molecule has 0 aliphatic rings. The van der Waals surface area contributed by atoms with Crippen LogP contribution in [0.5, 0.6) is 0 Å². The summed E-state index contributed by atoms with van der Waals surface area (Å²) in [5.41, 5.74) is 5.54. The zero-order valence-electron chi connectivity index (χ0n) is 9.67. The second kappa shape index (κ2) is 6.32. The molecule has 4 N–H and O–H groups in total. The molecule has 1 rings (SSSR count). The maximum atomic E-state index is 12.9. The molecule has 0 saturated carbocycles. The lowest BCUT2D eigenvalue weighted by molar-refractivity contribution is -0.121. The van der Waals surface area contributed by atoms with E-state index in [1.165, 1.54) is 12.1 Å². The van der Waals surface area contributed by atoms with Gasteiger partial charge in [-0.25, -0.2) is 9.18 Å². The largest absolute Gasteiger partial charge is 0.351 e. The number of carbonyl (C=O) groups excluding carboxylic acids is 2. The number of carbonyl (C=O) groups is 2. The lowest BCUT2D eigenvalue weighted by atomic mass is 10.2. The van der Waals surface area contributed by atoms with Crippen LogP contribution in [0.2, 0.25) is 5.02 Å². The lowest BCUT2D eigenvalue weighted by Crippen LogP contribution is -2.46. The molecule has 0 saturated heterocycles. The first kappa shape index (κ1) is 14.4. The number of amides is 3. The predicted molar refractivity (Wildman–Crippen MR) is 65.4 cm³/mol. The molecule has 0 fully saturated rings. The average molecular weight is 274 g/mol. The highest BCUT2D eigenvalue weighted by Gasteiger charge is 2.13. The molecular formula is C11H13ClFN3O2. The molecule has 1 unspecified atom stereocenters. The molecule has 1 aromatic rings. The highest BCUT2D eigenvalue weighted by molar-refractivity contribution is 6.30. The minimum atomic E-state index is -0.904. The Labute approximate surface area is 108 Å². The second-order valence-corrected chi connectivity index (χ2v) is 4.11. The molecular weight excluding hydrogens is 261 g/mol. The molecule has 5 nitrogen and oxygen atoms in total. The van der Waals surface area contributed by atoms with Crippen molar-refractivity contribution in [1.29, 1.82) is 0 Å². The summed E-state index contributed by atoms with van der Waals surface area (Å²) >= 11 is 5.62. The maximum absolute atomic E-state index is 12.9. The Hall–Kier alpha value is -1.66. The Bertz CT molecular complexity index is 468. The van der Waals surface area contributed by atoms with Crippen molar-refractivity contribution in [3.63, 3.8) is 0 Å². The van der Waals surface area contributed by atoms with Gasteiger partial charge in [0.05, 0.1) is 11.1 Å². The van der Waals surface area contributed by atoms with E-state index >= 15 is 0 Å². The van der Waals surface area contributed by atoms with E-state index in [4.69, 9.17) is 17.3 Å². The van der Waals surface area contributed by atoms with E-state index in [9.17, 15) is 14.0 Å². The molecule has 3 amide bonds. The Morgan fingerprint density at radius 1 is 1.50 bits per heavy atom. The van der Waals surface area contributed by atoms with Gasteiger partial charge in [-0.15, -0.1) is 0 Å². The van der Waals surface area contributed by atoms with Gasteiger partial charge < -0.3 is 11.1 Å². The second-order valence-electron chi connectivity index (χ2n) is 3.70. The zero-order valence-corrected chi connectivity index (χ0v) is 10.4. The number of nitrogens with two attached hydrogens (primary N) is 1. The number of hydrogen-bond donors (Lipinski definition) is 3. The minimum absolute atomic E-state index is 0.0172. The molecule has 0 aliphatic carbocycles. The summed E-state index contributed by atoms with van der Waals surface area (Å²) in [5, 5.41) is 4.82. The smallest absolute Gasteiger partial charge is 0.318 e. The van der Waals surface area contributed by atoms with Crippen LogP contribution in [0.4, 0.5) is 9.18 Å². The third-order valence-corrected chi connectivity index (χ3v) is 2.53. The topological polar surface area (TPSA) is 84.2 Å². The first-order valence-corrected chi connectivity index (χ1v) is 5.55. The van der Waals surface area contributed by atoms with Gasteiger partial charge in [0.15, 0.2) is 0 Å². The van der Waals surface area contributed by atoms with Crippen molar-refractivity contribution in [2.75, 3.05) is 0 Å². The first-order valence-electron chi connectivity index (χ1n) is 5.17. The van der Waals surface area contributed by atoms with Crippen LogP contribution in [0.15, 0.2) is 18.2 Å². The van der Waals surface area contributed by atoms with Crippen LogP contribution in [0, 0.1) is 5.82 Å². The van der Waals surface area contributed by atoms with Crippen molar-refractivity contribution < 1.29 is 14.0 Å². The quantitative estimate of drug-likeness (QED) is 0.769. The van der Waals surface area contributed by atoms with Crippen LogP contribution in [-0.2, 0) is 11.3 Å². The van der Waals surface area contributed by atoms with Gasteiger partial charge in [0, 0.05) is 6.54 Å². The molecule has 1 atom stereocenters. The van der Waals surface area contributed by atoms with Crippen LogP contribution in [0.25, 0.3) is 0 Å². The summed E-state index contributed by atoms with van der Waals surface area (Å²) in [5.74, 6) is -1.03. The van der Waals surface area contributed by atoms with Gasteiger partial charge in [-0.1, -0.05) is 17.7 Å². The van der Waals surface area contributed by atoms with Crippen LogP contribution in [0.3, 0.4) is 0 Å². The number of hydrogen-bond acceptors (Lipinski definition) is 3. The number of imide groups is 1. The molecule has 0 bridgehead atoms. The number of benzene rings is 1. The Balaban J connectivity index is 2.51. The number of nitrogens with one attached hydrogen (secondary N) is 2. The van der Waals surface area contributed by atoms with E-state index in [2.05, 4.69) is 5.32 Å². The SMILES string of the molecule is CC(NCc1ccc(F)c(Cl)c1)C(=O)NC(N)=O. The third kappa shape index (κ3) is 4.31. The van der Waals surface area contributed by atoms with E-state index in [0.717, 1.165) is 5.56 Å². The van der Waals surface area contributed by atoms with Crippen LogP contribution in [0.1, 0.15) is 12.5 Å². The zero-order chi connectivity index (χ0) is 13.7. The maximum Gasteiger partial charge on any atom is 0.318 e. The van der Waals surface area contributed by atoms with E-state index in [0.29, 0.717) is 6.54 Å². The number of halogens is 2. The van der Waals surface area contributed by atoms with E-state index < -0.39 is 23.8 Å². The van der Waals surface area contributed by atoms with Gasteiger partial charge in [-0.05, 0) is 24.6 Å². The fraction of sp³-hybridized carbons (Fsp3) is 0.273. The Morgan fingerprint density at radius 3 is 2.72 bits per heavy atom. The van der Waals surface area contributed by atoms with Crippen LogP contribution >= 0.6 is 11.6 Å². The van der Waals surface area contributed by atoms with Crippen LogP contribution in [-0.4, -0.2) is 18.0 Å². The van der Waals surface area contributed by atoms with Gasteiger partial charge in [-0.3, -0.25) is 10.1 Å². The summed E-state index contributed by atoms with van der Waals surface area (Å²) < 4.78 is 12.9. The molecule has 0 heterocycles. The Morgan fingerprint density at radius 2 is 2.17 bits per heavy atom. The number of rotatable bonds is 4. The average Bonchev–Trinajstić information content (AvgIpc) is 2.29. The molecule has 0 spiro atoms. The summed E-state index contributed by atoms with van der Waals surface area (Å²) in [4.78, 5) is 21.8. The van der Waals surface area contributed by atoms with Crippen LogP contribution < -0.4 is 16.4 Å². The summed E-state index contributed by atoms with van der Waals surface area (Å²) in [6.45, 7) is 1.89. The van der Waals surface area contributed by atoms with Crippen molar-refractivity contribution >= 4 is 23.5 Å². The third-order valence-electron chi connectivity index (χ3n) is 2.24. The number of urea groups is 1. The molecule has 98 valence electrons. The molecule has 7 heteroatoms. The minimum Gasteiger partial charge on any atom is -0.351 e. The molecule has 1 aromatic carbocycles. The van der Waals surface area contributed by atoms with Crippen molar-refractivity contribution in [2.24, 2.45) is 5.73 Å². The molecule has 0 aliphatic heterocycles. The molecule has 0 aromatic heterocycles. The van der Waals surface area contributed by atoms with E-state index in [1.54, 1.807) is 13.0 Å². The standard InChI is InChI=1S/C11H13ClFN3O2/c1-6(10(17)16-11(14)18)15-5-7-2-3-9(13)8(12)4-7/h2-4,6,15H,5H2,1H3,(H3,14,16,17,18). The summed E-state index contributed by atoms with van der Waals surface area (Å²) in [7, 11) is 0. The monoisotopic (exact) mass is 273 g/mol. The molecule has 0 radical (unpaired) electrons. The van der Waals surface area contributed by atoms with Gasteiger partial charge >= 0.3 is 6.03 Å². The normalized spacial score (nSPS) is 11.9. The number of primary amides is 1. The Kier molecular flexibility index (Phi) is 5.06. The van der Waals surface area contributed by atoms with Crippen molar-refractivity contribution in [3.05, 3.63) is 34.6 Å². The van der Waals surface area contributed by atoms with Crippen molar-refractivity contribution in [2.45, 2.75) is 19.5 Å². The van der Waals surface area contributed by atoms with E-state index in [-0.39, 0.29) is 5.02 Å². The lowest BCUT2D eigenvalue weighted by Gasteiger charge is -2.12. The first-order chi connectivity index (χ1) is 8.40. The fourth-order valence-corrected chi connectivity index (χ4v) is 1.45. The van der Waals surface area contributed by atoms with E-state index in [1.807, 2.05) is 5.32 Å². The van der Waals surface area contributed by atoms with Gasteiger partial charge in [0.2, 0.25) is 5.91 Å². The summed E-state index contributed by atoms with van der Waals surface area (Å²) in [6, 6.07) is 2.74.